The number of sulfonamides is 1. The Morgan fingerprint density at radius 1 is 0.897 bits per heavy atom. The van der Waals surface area contributed by atoms with Gasteiger partial charge in [0.25, 0.3) is 15.9 Å². The maximum absolute atomic E-state index is 13.5. The summed E-state index contributed by atoms with van der Waals surface area (Å²) in [6.07, 6.45) is 0. The fourth-order valence-electron chi connectivity index (χ4n) is 2.84. The summed E-state index contributed by atoms with van der Waals surface area (Å²) in [6.45, 7) is 0.170. The first-order valence-electron chi connectivity index (χ1n) is 8.97. The molecule has 0 aliphatic heterocycles. The minimum absolute atomic E-state index is 0.0348. The third-order valence-corrected chi connectivity index (χ3v) is 6.21. The molecule has 0 N–H and O–H groups in total. The zero-order valence-corrected chi connectivity index (χ0v) is 17.0. The van der Waals surface area contributed by atoms with Gasteiger partial charge in [0.2, 0.25) is 0 Å². The summed E-state index contributed by atoms with van der Waals surface area (Å²) in [5.74, 6) is -0.432. The van der Waals surface area contributed by atoms with Crippen LogP contribution in [-0.4, -0.2) is 33.5 Å². The topological polar surface area (TPSA) is 66.9 Å². The quantitative estimate of drug-likeness (QED) is 0.557. The smallest absolute Gasteiger partial charge is 0.274 e. The Bertz CT molecular complexity index is 1070. The molecule has 0 unspecified atom stereocenters. The molecule has 29 heavy (non-hydrogen) atoms. The van der Waals surface area contributed by atoms with Gasteiger partial charge >= 0.3 is 0 Å². The van der Waals surface area contributed by atoms with E-state index in [0.29, 0.717) is 5.69 Å². The van der Waals surface area contributed by atoms with Gasteiger partial charge in [-0.3, -0.25) is 13.9 Å². The number of carbonyl (C=O) groups is 1. The Morgan fingerprint density at radius 2 is 1.52 bits per heavy atom. The van der Waals surface area contributed by atoms with Gasteiger partial charge in [-0.2, -0.15) is 0 Å². The van der Waals surface area contributed by atoms with Gasteiger partial charge in [-0.15, -0.1) is 0 Å². The summed E-state index contributed by atoms with van der Waals surface area (Å²) in [5.41, 5.74) is 1.62. The van der Waals surface area contributed by atoms with E-state index in [-0.39, 0.29) is 17.0 Å². The number of para-hydroxylation sites is 1. The van der Waals surface area contributed by atoms with E-state index in [1.54, 1.807) is 36.4 Å². The van der Waals surface area contributed by atoms with Crippen molar-refractivity contribution in [2.75, 3.05) is 18.5 Å². The first-order valence-corrected chi connectivity index (χ1v) is 10.4. The van der Waals surface area contributed by atoms with E-state index in [2.05, 4.69) is 0 Å². The highest BCUT2D eigenvalue weighted by molar-refractivity contribution is 7.92. The van der Waals surface area contributed by atoms with Crippen LogP contribution in [0, 0.1) is 0 Å². The third-order valence-electron chi connectivity index (χ3n) is 4.44. The van der Waals surface area contributed by atoms with Crippen LogP contribution in [0.25, 0.3) is 0 Å². The Labute approximate surface area is 171 Å². The Morgan fingerprint density at radius 3 is 2.14 bits per heavy atom. The number of nitrogens with zero attached hydrogens (tertiary/aromatic N) is 2. The summed E-state index contributed by atoms with van der Waals surface area (Å²) in [7, 11) is -1.08. The van der Waals surface area contributed by atoms with Crippen LogP contribution in [0.5, 0.6) is 0 Å². The molecule has 3 aromatic rings. The van der Waals surface area contributed by atoms with Crippen LogP contribution < -0.4 is 4.31 Å². The molecular formula is C22H22N2O4S. The largest absolute Gasteiger partial charge is 0.277 e. The standard InChI is InChI=1S/C22H22N2O4S/c1-23(28-2)22(25)19-12-9-15-21(16-19)29(26,27)24(20-13-7-4-8-14-20)17-18-10-5-3-6-11-18/h3-16H,17H2,1-2H3. The van der Waals surface area contributed by atoms with Crippen LogP contribution in [0.2, 0.25) is 0 Å². The molecule has 6 nitrogen and oxygen atoms in total. The van der Waals surface area contributed by atoms with E-state index in [4.69, 9.17) is 4.84 Å². The Kier molecular flexibility index (Phi) is 6.31. The van der Waals surface area contributed by atoms with E-state index in [0.717, 1.165) is 10.6 Å². The molecule has 0 aliphatic carbocycles. The van der Waals surface area contributed by atoms with Crippen LogP contribution in [-0.2, 0) is 21.4 Å². The van der Waals surface area contributed by atoms with Crippen molar-refractivity contribution in [1.29, 1.82) is 0 Å². The molecule has 0 heterocycles. The highest BCUT2D eigenvalue weighted by atomic mass is 32.2. The van der Waals surface area contributed by atoms with Gasteiger partial charge < -0.3 is 0 Å². The lowest BCUT2D eigenvalue weighted by Crippen LogP contribution is -2.31. The average Bonchev–Trinajstić information content (AvgIpc) is 2.77. The highest BCUT2D eigenvalue weighted by Gasteiger charge is 2.26. The molecule has 7 heteroatoms. The zero-order valence-electron chi connectivity index (χ0n) is 16.2. The number of hydrogen-bond acceptors (Lipinski definition) is 4. The van der Waals surface area contributed by atoms with Crippen molar-refractivity contribution in [3.63, 3.8) is 0 Å². The number of anilines is 1. The lowest BCUT2D eigenvalue weighted by atomic mass is 10.2. The van der Waals surface area contributed by atoms with Gasteiger partial charge in [0.05, 0.1) is 24.2 Å². The van der Waals surface area contributed by atoms with E-state index < -0.39 is 15.9 Å². The van der Waals surface area contributed by atoms with Crippen molar-refractivity contribution in [3.8, 4) is 0 Å². The van der Waals surface area contributed by atoms with E-state index in [1.807, 2.05) is 36.4 Å². The fourth-order valence-corrected chi connectivity index (χ4v) is 4.34. The molecule has 0 aromatic heterocycles. The minimum atomic E-state index is -3.92. The van der Waals surface area contributed by atoms with Gasteiger partial charge in [-0.25, -0.2) is 13.5 Å². The lowest BCUT2D eigenvalue weighted by Gasteiger charge is -2.25. The number of hydrogen-bond donors (Lipinski definition) is 0. The van der Waals surface area contributed by atoms with Gasteiger partial charge in [-0.1, -0.05) is 54.6 Å². The van der Waals surface area contributed by atoms with Crippen molar-refractivity contribution < 1.29 is 18.0 Å². The van der Waals surface area contributed by atoms with Crippen molar-refractivity contribution in [2.24, 2.45) is 0 Å². The van der Waals surface area contributed by atoms with E-state index in [1.165, 1.54) is 30.6 Å². The van der Waals surface area contributed by atoms with Crippen LogP contribution in [0.4, 0.5) is 5.69 Å². The predicted molar refractivity (Wildman–Crippen MR) is 112 cm³/mol. The molecule has 0 saturated carbocycles. The third kappa shape index (κ3) is 4.64. The molecule has 0 bridgehead atoms. The lowest BCUT2D eigenvalue weighted by molar-refractivity contribution is -0.0757. The second kappa shape index (κ2) is 8.89. The average molecular weight is 410 g/mol. The van der Waals surface area contributed by atoms with Crippen molar-refractivity contribution in [1.82, 2.24) is 5.06 Å². The zero-order chi connectivity index (χ0) is 20.9. The van der Waals surface area contributed by atoms with Gasteiger partial charge in [-0.05, 0) is 35.9 Å². The summed E-state index contributed by atoms with van der Waals surface area (Å²) in [6, 6.07) is 24.2. The first kappa shape index (κ1) is 20.6. The SMILES string of the molecule is CON(C)C(=O)c1cccc(S(=O)(=O)N(Cc2ccccc2)c2ccccc2)c1. The fraction of sp³-hybridized carbons (Fsp3) is 0.136. The molecule has 3 rings (SSSR count). The van der Waals surface area contributed by atoms with E-state index in [9.17, 15) is 13.2 Å². The maximum Gasteiger partial charge on any atom is 0.277 e. The molecule has 0 spiro atoms. The van der Waals surface area contributed by atoms with Crippen LogP contribution in [0.15, 0.2) is 89.8 Å². The molecule has 3 aromatic carbocycles. The number of amides is 1. The second-order valence-electron chi connectivity index (χ2n) is 6.35. The van der Waals surface area contributed by atoms with Gasteiger partial charge in [0.1, 0.15) is 0 Å². The minimum Gasteiger partial charge on any atom is -0.274 e. The van der Waals surface area contributed by atoms with Crippen molar-refractivity contribution in [2.45, 2.75) is 11.4 Å². The van der Waals surface area contributed by atoms with Gasteiger partial charge in [0, 0.05) is 12.6 Å². The predicted octanol–water partition coefficient (Wildman–Crippen LogP) is 3.72. The first-order chi connectivity index (χ1) is 13.9. The molecule has 0 atom stereocenters. The number of benzene rings is 3. The summed E-state index contributed by atoms with van der Waals surface area (Å²) in [4.78, 5) is 17.3. The Hall–Kier alpha value is -3.16. The molecule has 150 valence electrons. The Balaban J connectivity index is 2.04. The number of carbonyl (C=O) groups excluding carboxylic acids is 1. The van der Waals surface area contributed by atoms with Gasteiger partial charge in [0.15, 0.2) is 0 Å². The molecule has 0 fully saturated rings. The molecule has 0 aliphatic rings. The molecule has 1 amide bonds. The monoisotopic (exact) mass is 410 g/mol. The molecule has 0 saturated heterocycles. The molecular weight excluding hydrogens is 388 g/mol. The normalized spacial score (nSPS) is 11.1. The number of hydroxylamine groups is 2. The van der Waals surface area contributed by atoms with Crippen molar-refractivity contribution in [3.05, 3.63) is 96.1 Å². The highest BCUT2D eigenvalue weighted by Crippen LogP contribution is 2.26. The van der Waals surface area contributed by atoms with Crippen molar-refractivity contribution >= 4 is 21.6 Å². The summed E-state index contributed by atoms with van der Waals surface area (Å²) >= 11 is 0. The van der Waals surface area contributed by atoms with E-state index >= 15 is 0 Å². The maximum atomic E-state index is 13.5. The summed E-state index contributed by atoms with van der Waals surface area (Å²) in [5, 5.41) is 1.05. The number of rotatable bonds is 7. The van der Waals surface area contributed by atoms with Crippen LogP contribution >= 0.6 is 0 Å². The van der Waals surface area contributed by atoms with Crippen LogP contribution in [0.3, 0.4) is 0 Å². The van der Waals surface area contributed by atoms with Crippen LogP contribution in [0.1, 0.15) is 15.9 Å². The summed E-state index contributed by atoms with van der Waals surface area (Å²) < 4.78 is 28.4. The molecule has 0 radical (unpaired) electrons. The second-order valence-corrected chi connectivity index (χ2v) is 8.21.